The molecule has 3 aromatic carbocycles. The van der Waals surface area contributed by atoms with Crippen LogP contribution >= 0.6 is 11.6 Å². The van der Waals surface area contributed by atoms with E-state index in [1.807, 2.05) is 6.07 Å². The minimum Gasteiger partial charge on any atom is -0.508 e. The molecule has 6 heteroatoms. The van der Waals surface area contributed by atoms with E-state index in [4.69, 9.17) is 16.3 Å². The van der Waals surface area contributed by atoms with E-state index < -0.39 is 5.82 Å². The van der Waals surface area contributed by atoms with Crippen LogP contribution in [0.5, 0.6) is 17.2 Å². The van der Waals surface area contributed by atoms with Gasteiger partial charge in [-0.05, 0) is 48.0 Å². The Kier molecular flexibility index (Phi) is 5.71. The summed E-state index contributed by atoms with van der Waals surface area (Å²) in [5.74, 6) is 0.0664. The summed E-state index contributed by atoms with van der Waals surface area (Å²) in [6.45, 7) is 0.838. The Balaban J connectivity index is 1.72. The molecule has 0 unspecified atom stereocenters. The third kappa shape index (κ3) is 4.71. The van der Waals surface area contributed by atoms with Crippen LogP contribution in [0.3, 0.4) is 0 Å². The molecule has 3 nitrogen and oxygen atoms in total. The fourth-order valence-electron chi connectivity index (χ4n) is 2.46. The second-order valence-corrected chi connectivity index (χ2v) is 6.11. The molecule has 26 heavy (non-hydrogen) atoms. The number of halogens is 3. The van der Waals surface area contributed by atoms with Gasteiger partial charge in [-0.15, -0.1) is 0 Å². The van der Waals surface area contributed by atoms with Gasteiger partial charge < -0.3 is 15.2 Å². The first-order valence-corrected chi connectivity index (χ1v) is 8.29. The molecule has 0 amide bonds. The van der Waals surface area contributed by atoms with Gasteiger partial charge in [0, 0.05) is 24.7 Å². The van der Waals surface area contributed by atoms with Crippen molar-refractivity contribution >= 4 is 11.6 Å². The third-order valence-corrected chi connectivity index (χ3v) is 3.99. The van der Waals surface area contributed by atoms with Crippen molar-refractivity contribution < 1.29 is 18.6 Å². The van der Waals surface area contributed by atoms with E-state index in [9.17, 15) is 13.9 Å². The number of hydrogen-bond donors (Lipinski definition) is 2. The highest BCUT2D eigenvalue weighted by Gasteiger charge is 2.09. The lowest BCUT2D eigenvalue weighted by Gasteiger charge is -2.13. The van der Waals surface area contributed by atoms with Crippen LogP contribution < -0.4 is 10.1 Å². The van der Waals surface area contributed by atoms with Gasteiger partial charge >= 0.3 is 0 Å². The monoisotopic (exact) mass is 375 g/mol. The molecule has 3 rings (SSSR count). The molecule has 0 heterocycles. The van der Waals surface area contributed by atoms with E-state index >= 15 is 0 Å². The van der Waals surface area contributed by atoms with Crippen LogP contribution in [0, 0.1) is 11.6 Å². The van der Waals surface area contributed by atoms with Crippen LogP contribution in [0.1, 0.15) is 11.1 Å². The van der Waals surface area contributed by atoms with Crippen molar-refractivity contribution in [2.45, 2.75) is 13.1 Å². The topological polar surface area (TPSA) is 41.5 Å². The standard InChI is InChI=1S/C20H16ClF2NO2/c21-18-10-17(5-6-19(18)23)26-20-7-4-15(22)9-14(20)12-24-11-13-2-1-3-16(25)8-13/h1-10,24-25H,11-12H2. The molecule has 0 fully saturated rings. The highest BCUT2D eigenvalue weighted by Crippen LogP contribution is 2.29. The second kappa shape index (κ2) is 8.17. The molecule has 0 spiro atoms. The molecule has 2 N–H and O–H groups in total. The fraction of sp³-hybridized carbons (Fsp3) is 0.100. The molecule has 0 bridgehead atoms. The van der Waals surface area contributed by atoms with Crippen molar-refractivity contribution in [3.63, 3.8) is 0 Å². The summed E-state index contributed by atoms with van der Waals surface area (Å²) in [6.07, 6.45) is 0. The number of ether oxygens (including phenoxy) is 1. The zero-order valence-electron chi connectivity index (χ0n) is 13.7. The minimum atomic E-state index is -0.536. The molecule has 0 saturated carbocycles. The van der Waals surface area contributed by atoms with Crippen molar-refractivity contribution in [1.82, 2.24) is 5.32 Å². The van der Waals surface area contributed by atoms with Gasteiger partial charge in [-0.25, -0.2) is 8.78 Å². The Morgan fingerprint density at radius 3 is 2.58 bits per heavy atom. The zero-order chi connectivity index (χ0) is 18.5. The minimum absolute atomic E-state index is 0.0480. The normalized spacial score (nSPS) is 10.7. The summed E-state index contributed by atoms with van der Waals surface area (Å²) in [7, 11) is 0. The molecule has 0 aliphatic carbocycles. The van der Waals surface area contributed by atoms with Crippen molar-refractivity contribution in [3.05, 3.63) is 88.4 Å². The van der Waals surface area contributed by atoms with Gasteiger partial charge in [-0.2, -0.15) is 0 Å². The van der Waals surface area contributed by atoms with Crippen LogP contribution in [0.25, 0.3) is 0 Å². The molecule has 3 aromatic rings. The van der Waals surface area contributed by atoms with E-state index in [-0.39, 0.29) is 16.6 Å². The molecule has 0 aliphatic rings. The molecule has 0 aliphatic heterocycles. The average Bonchev–Trinajstić information content (AvgIpc) is 2.60. The first kappa shape index (κ1) is 18.2. The second-order valence-electron chi connectivity index (χ2n) is 5.70. The number of phenols is 1. The zero-order valence-corrected chi connectivity index (χ0v) is 14.4. The third-order valence-electron chi connectivity index (χ3n) is 3.70. The van der Waals surface area contributed by atoms with Crippen molar-refractivity contribution in [1.29, 1.82) is 0 Å². The number of hydrogen-bond acceptors (Lipinski definition) is 3. The largest absolute Gasteiger partial charge is 0.508 e. The number of aromatic hydroxyl groups is 1. The SMILES string of the molecule is Oc1cccc(CNCc2cc(F)ccc2Oc2ccc(F)c(Cl)c2)c1. The lowest BCUT2D eigenvalue weighted by atomic mass is 10.1. The lowest BCUT2D eigenvalue weighted by Crippen LogP contribution is -2.13. The number of benzene rings is 3. The summed E-state index contributed by atoms with van der Waals surface area (Å²) in [6, 6.07) is 15.1. The smallest absolute Gasteiger partial charge is 0.142 e. The Bertz CT molecular complexity index is 918. The van der Waals surface area contributed by atoms with Gasteiger partial charge in [-0.1, -0.05) is 23.7 Å². The summed E-state index contributed by atoms with van der Waals surface area (Å²) in [5.41, 5.74) is 1.50. The summed E-state index contributed by atoms with van der Waals surface area (Å²) < 4.78 is 32.6. The Labute approximate surface area is 154 Å². The van der Waals surface area contributed by atoms with Gasteiger partial charge in [0.05, 0.1) is 5.02 Å². The van der Waals surface area contributed by atoms with Gasteiger partial charge in [0.1, 0.15) is 28.9 Å². The average molecular weight is 376 g/mol. The van der Waals surface area contributed by atoms with Crippen molar-refractivity contribution in [3.8, 4) is 17.2 Å². The summed E-state index contributed by atoms with van der Waals surface area (Å²) >= 11 is 5.76. The summed E-state index contributed by atoms with van der Waals surface area (Å²) in [4.78, 5) is 0. The molecule has 0 aromatic heterocycles. The quantitative estimate of drug-likeness (QED) is 0.605. The van der Waals surface area contributed by atoms with Crippen molar-refractivity contribution in [2.75, 3.05) is 0 Å². The van der Waals surface area contributed by atoms with Crippen molar-refractivity contribution in [2.24, 2.45) is 0 Å². The van der Waals surface area contributed by atoms with E-state index in [2.05, 4.69) is 5.32 Å². The maximum absolute atomic E-state index is 13.6. The van der Waals surface area contributed by atoms with Crippen LogP contribution in [-0.2, 0) is 13.1 Å². The van der Waals surface area contributed by atoms with Gasteiger partial charge in [0.25, 0.3) is 0 Å². The number of phenolic OH excluding ortho intramolecular Hbond substituents is 1. The predicted molar refractivity (Wildman–Crippen MR) is 96.5 cm³/mol. The fourth-order valence-corrected chi connectivity index (χ4v) is 2.63. The highest BCUT2D eigenvalue weighted by molar-refractivity contribution is 6.30. The van der Waals surface area contributed by atoms with E-state index in [0.717, 1.165) is 5.56 Å². The van der Waals surface area contributed by atoms with Gasteiger partial charge in [-0.3, -0.25) is 0 Å². The Morgan fingerprint density at radius 1 is 0.962 bits per heavy atom. The first-order chi connectivity index (χ1) is 12.5. The molecule has 0 radical (unpaired) electrons. The number of nitrogens with one attached hydrogen (secondary N) is 1. The Morgan fingerprint density at radius 2 is 1.81 bits per heavy atom. The van der Waals surface area contributed by atoms with Crippen LogP contribution in [-0.4, -0.2) is 5.11 Å². The predicted octanol–water partition coefficient (Wildman–Crippen LogP) is 5.41. The Hall–Kier alpha value is -2.63. The molecule has 0 saturated heterocycles. The molecule has 0 atom stereocenters. The van der Waals surface area contributed by atoms with Crippen LogP contribution in [0.2, 0.25) is 5.02 Å². The first-order valence-electron chi connectivity index (χ1n) is 7.91. The van der Waals surface area contributed by atoms with Crippen LogP contribution in [0.4, 0.5) is 8.78 Å². The highest BCUT2D eigenvalue weighted by atomic mass is 35.5. The molecular formula is C20H16ClF2NO2. The van der Waals surface area contributed by atoms with E-state index in [1.165, 1.54) is 36.4 Å². The van der Waals surface area contributed by atoms with E-state index in [0.29, 0.717) is 30.2 Å². The van der Waals surface area contributed by atoms with Crippen LogP contribution in [0.15, 0.2) is 60.7 Å². The number of rotatable bonds is 6. The molecular weight excluding hydrogens is 360 g/mol. The lowest BCUT2D eigenvalue weighted by molar-refractivity contribution is 0.467. The van der Waals surface area contributed by atoms with E-state index in [1.54, 1.807) is 18.2 Å². The summed E-state index contributed by atoms with van der Waals surface area (Å²) in [5, 5.41) is 12.6. The van der Waals surface area contributed by atoms with Gasteiger partial charge in [0.2, 0.25) is 0 Å². The maximum atomic E-state index is 13.6. The maximum Gasteiger partial charge on any atom is 0.142 e. The van der Waals surface area contributed by atoms with Gasteiger partial charge in [0.15, 0.2) is 0 Å². The molecule has 134 valence electrons.